The minimum Gasteiger partial charge on any atom is -0.384 e. The van der Waals surface area contributed by atoms with E-state index in [1.807, 2.05) is 55.6 Å². The number of aromatic nitrogens is 2. The lowest BCUT2D eigenvalue weighted by atomic mass is 10.0. The van der Waals surface area contributed by atoms with Gasteiger partial charge < -0.3 is 5.11 Å². The van der Waals surface area contributed by atoms with Crippen LogP contribution in [-0.4, -0.2) is 14.9 Å². The minimum absolute atomic E-state index is 0.655. The van der Waals surface area contributed by atoms with Gasteiger partial charge in [0.05, 0.1) is 11.9 Å². The largest absolute Gasteiger partial charge is 0.384 e. The lowest BCUT2D eigenvalue weighted by Gasteiger charge is -2.10. The third-order valence-corrected chi connectivity index (χ3v) is 3.86. The van der Waals surface area contributed by atoms with Crippen LogP contribution in [0.1, 0.15) is 22.8 Å². The summed E-state index contributed by atoms with van der Waals surface area (Å²) in [4.78, 5) is 0. The quantitative estimate of drug-likeness (QED) is 0.796. The Kier molecular flexibility index (Phi) is 3.78. The molecule has 0 aliphatic carbocycles. The summed E-state index contributed by atoms with van der Waals surface area (Å²) in [5.41, 5.74) is 3.45. The highest BCUT2D eigenvalue weighted by Gasteiger charge is 2.14. The first-order valence-corrected chi connectivity index (χ1v) is 7.07. The Morgan fingerprint density at radius 2 is 1.86 bits per heavy atom. The predicted octanol–water partition coefficient (Wildman–Crippen LogP) is 3.92. The zero-order chi connectivity index (χ0) is 14.8. The molecular formula is C17H15ClN2O. The van der Waals surface area contributed by atoms with Gasteiger partial charge in [0.1, 0.15) is 6.10 Å². The first-order chi connectivity index (χ1) is 10.1. The van der Waals surface area contributed by atoms with Crippen molar-refractivity contribution in [2.75, 3.05) is 0 Å². The standard InChI is InChI=1S/C17H15ClN2O/c1-12-7-8-13(9-16(12)18)17(21)14-10-19-20(11-14)15-5-3-2-4-6-15/h2-11,17,21H,1H3. The maximum absolute atomic E-state index is 10.5. The first kappa shape index (κ1) is 13.9. The summed E-state index contributed by atoms with van der Waals surface area (Å²) in [7, 11) is 0. The van der Waals surface area contributed by atoms with Gasteiger partial charge in [-0.2, -0.15) is 5.10 Å². The van der Waals surface area contributed by atoms with Crippen molar-refractivity contribution in [2.24, 2.45) is 0 Å². The predicted molar refractivity (Wildman–Crippen MR) is 83.8 cm³/mol. The molecule has 2 aromatic carbocycles. The van der Waals surface area contributed by atoms with Crippen LogP contribution in [0, 0.1) is 6.92 Å². The Hall–Kier alpha value is -2.10. The van der Waals surface area contributed by atoms with Gasteiger partial charge in [-0.05, 0) is 36.2 Å². The summed E-state index contributed by atoms with van der Waals surface area (Å²) in [6, 6.07) is 15.4. The van der Waals surface area contributed by atoms with Gasteiger partial charge in [-0.3, -0.25) is 0 Å². The molecule has 0 fully saturated rings. The highest BCUT2D eigenvalue weighted by Crippen LogP contribution is 2.26. The van der Waals surface area contributed by atoms with E-state index in [-0.39, 0.29) is 0 Å². The molecular weight excluding hydrogens is 284 g/mol. The zero-order valence-electron chi connectivity index (χ0n) is 11.6. The van der Waals surface area contributed by atoms with E-state index in [9.17, 15) is 5.11 Å². The number of aliphatic hydroxyl groups is 1. The second kappa shape index (κ2) is 5.72. The van der Waals surface area contributed by atoms with Crippen LogP contribution in [0.25, 0.3) is 5.69 Å². The summed E-state index contributed by atoms with van der Waals surface area (Å²) in [6.07, 6.45) is 2.76. The maximum Gasteiger partial charge on any atom is 0.107 e. The molecule has 3 aromatic rings. The van der Waals surface area contributed by atoms with Crippen LogP contribution in [0.5, 0.6) is 0 Å². The number of para-hydroxylation sites is 1. The van der Waals surface area contributed by atoms with E-state index >= 15 is 0 Å². The van der Waals surface area contributed by atoms with Crippen molar-refractivity contribution in [1.29, 1.82) is 0 Å². The van der Waals surface area contributed by atoms with Crippen LogP contribution >= 0.6 is 11.6 Å². The Bertz CT molecular complexity index is 752. The van der Waals surface area contributed by atoms with E-state index < -0.39 is 6.10 Å². The van der Waals surface area contributed by atoms with E-state index in [1.54, 1.807) is 16.9 Å². The smallest absolute Gasteiger partial charge is 0.107 e. The summed E-state index contributed by atoms with van der Waals surface area (Å²) in [5.74, 6) is 0. The molecule has 0 saturated carbocycles. The van der Waals surface area contributed by atoms with Gasteiger partial charge in [0.25, 0.3) is 0 Å². The number of halogens is 1. The van der Waals surface area contributed by atoms with Crippen molar-refractivity contribution >= 4 is 11.6 Å². The molecule has 0 aliphatic heterocycles. The number of aryl methyl sites for hydroxylation is 1. The Morgan fingerprint density at radius 3 is 2.57 bits per heavy atom. The SMILES string of the molecule is Cc1ccc(C(O)c2cnn(-c3ccccc3)c2)cc1Cl. The molecule has 1 N–H and O–H groups in total. The number of rotatable bonds is 3. The van der Waals surface area contributed by atoms with Gasteiger partial charge in [0.2, 0.25) is 0 Å². The second-order valence-corrected chi connectivity index (χ2v) is 5.37. The van der Waals surface area contributed by atoms with Crippen LogP contribution in [0.15, 0.2) is 60.9 Å². The molecule has 1 atom stereocenters. The van der Waals surface area contributed by atoms with Gasteiger partial charge in [0.15, 0.2) is 0 Å². The van der Waals surface area contributed by atoms with Crippen LogP contribution in [-0.2, 0) is 0 Å². The van der Waals surface area contributed by atoms with Gasteiger partial charge in [-0.25, -0.2) is 4.68 Å². The number of benzene rings is 2. The molecule has 4 heteroatoms. The molecule has 0 spiro atoms. The zero-order valence-corrected chi connectivity index (χ0v) is 12.3. The summed E-state index contributed by atoms with van der Waals surface area (Å²) in [6.45, 7) is 1.94. The van der Waals surface area contributed by atoms with Crippen molar-refractivity contribution in [3.8, 4) is 5.69 Å². The average molecular weight is 299 g/mol. The van der Waals surface area contributed by atoms with Crippen LogP contribution in [0.2, 0.25) is 5.02 Å². The van der Waals surface area contributed by atoms with Gasteiger partial charge >= 0.3 is 0 Å². The lowest BCUT2D eigenvalue weighted by molar-refractivity contribution is 0.220. The molecule has 3 nitrogen and oxygen atoms in total. The van der Waals surface area contributed by atoms with Crippen molar-refractivity contribution in [3.63, 3.8) is 0 Å². The third-order valence-electron chi connectivity index (χ3n) is 3.45. The number of hydrogen-bond donors (Lipinski definition) is 1. The fraction of sp³-hybridized carbons (Fsp3) is 0.118. The maximum atomic E-state index is 10.5. The Balaban J connectivity index is 1.90. The molecule has 0 bridgehead atoms. The fourth-order valence-electron chi connectivity index (χ4n) is 2.17. The molecule has 21 heavy (non-hydrogen) atoms. The Morgan fingerprint density at radius 1 is 1.10 bits per heavy atom. The molecule has 1 aromatic heterocycles. The highest BCUT2D eigenvalue weighted by atomic mass is 35.5. The van der Waals surface area contributed by atoms with Crippen LogP contribution in [0.4, 0.5) is 0 Å². The van der Waals surface area contributed by atoms with E-state index in [0.717, 1.165) is 22.4 Å². The summed E-state index contributed by atoms with van der Waals surface area (Å²) in [5, 5.41) is 15.4. The normalized spacial score (nSPS) is 12.3. The van der Waals surface area contributed by atoms with Crippen molar-refractivity contribution in [2.45, 2.75) is 13.0 Å². The van der Waals surface area contributed by atoms with E-state index in [2.05, 4.69) is 5.10 Å². The fourth-order valence-corrected chi connectivity index (χ4v) is 2.36. The van der Waals surface area contributed by atoms with E-state index in [1.165, 1.54) is 0 Å². The van der Waals surface area contributed by atoms with Crippen LogP contribution in [0.3, 0.4) is 0 Å². The minimum atomic E-state index is -0.736. The second-order valence-electron chi connectivity index (χ2n) is 4.96. The molecule has 106 valence electrons. The number of aliphatic hydroxyl groups excluding tert-OH is 1. The molecule has 1 unspecified atom stereocenters. The van der Waals surface area contributed by atoms with Crippen molar-refractivity contribution in [3.05, 3.63) is 82.6 Å². The summed E-state index contributed by atoms with van der Waals surface area (Å²) >= 11 is 6.11. The third kappa shape index (κ3) is 2.84. The molecule has 3 rings (SSSR count). The molecule has 0 saturated heterocycles. The van der Waals surface area contributed by atoms with E-state index in [0.29, 0.717) is 5.02 Å². The molecule has 0 radical (unpaired) electrons. The van der Waals surface area contributed by atoms with Crippen LogP contribution < -0.4 is 0 Å². The Labute approximate surface area is 128 Å². The van der Waals surface area contributed by atoms with Gasteiger partial charge in [-0.15, -0.1) is 0 Å². The number of hydrogen-bond acceptors (Lipinski definition) is 2. The highest BCUT2D eigenvalue weighted by molar-refractivity contribution is 6.31. The topological polar surface area (TPSA) is 38.1 Å². The number of nitrogens with zero attached hydrogens (tertiary/aromatic N) is 2. The van der Waals surface area contributed by atoms with Gasteiger partial charge in [0, 0.05) is 16.8 Å². The van der Waals surface area contributed by atoms with E-state index in [4.69, 9.17) is 11.6 Å². The van der Waals surface area contributed by atoms with Gasteiger partial charge in [-0.1, -0.05) is 41.9 Å². The summed E-state index contributed by atoms with van der Waals surface area (Å²) < 4.78 is 1.74. The first-order valence-electron chi connectivity index (χ1n) is 6.69. The molecule has 0 amide bonds. The van der Waals surface area contributed by atoms with Crippen molar-refractivity contribution < 1.29 is 5.11 Å². The van der Waals surface area contributed by atoms with Crippen molar-refractivity contribution in [1.82, 2.24) is 9.78 Å². The monoisotopic (exact) mass is 298 g/mol. The average Bonchev–Trinajstić information content (AvgIpc) is 3.00. The lowest BCUT2D eigenvalue weighted by Crippen LogP contribution is -1.99. The molecule has 1 heterocycles. The molecule has 0 aliphatic rings.